The molecule has 1 saturated heterocycles. The molecule has 0 radical (unpaired) electrons. The maximum absolute atomic E-state index is 12.0. The Balaban J connectivity index is 2.69. The topological polar surface area (TPSA) is 23.6 Å². The van der Waals surface area contributed by atoms with Crippen molar-refractivity contribution in [1.29, 1.82) is 0 Å². The van der Waals surface area contributed by atoms with Gasteiger partial charge in [-0.2, -0.15) is 4.42 Å². The monoisotopic (exact) mass is 266 g/mol. The molecular weight excluding hydrogens is 247 g/mol. The average molecular weight is 267 g/mol. The van der Waals surface area contributed by atoms with Gasteiger partial charge >= 0.3 is 0 Å². The number of amides is 1. The van der Waals surface area contributed by atoms with Gasteiger partial charge in [0.05, 0.1) is 0 Å². The van der Waals surface area contributed by atoms with Crippen molar-refractivity contribution in [3.05, 3.63) is 0 Å². The first-order valence-corrected chi connectivity index (χ1v) is 6.61. The molecule has 3 nitrogen and oxygen atoms in total. The smallest absolute Gasteiger partial charge is 0.260 e. The van der Waals surface area contributed by atoms with Gasteiger partial charge in [-0.25, -0.2) is 4.42 Å². The molecule has 5 heteroatoms. The van der Waals surface area contributed by atoms with Crippen LogP contribution in [0, 0.1) is 0 Å². The molecule has 0 saturated carbocycles. The van der Waals surface area contributed by atoms with Crippen LogP contribution < -0.4 is 0 Å². The largest absolute Gasteiger partial charge is 0.271 e. The van der Waals surface area contributed by atoms with E-state index in [1.807, 2.05) is 13.8 Å². The second kappa shape index (κ2) is 5.56. The van der Waals surface area contributed by atoms with Crippen LogP contribution in [0.15, 0.2) is 0 Å². The van der Waals surface area contributed by atoms with Crippen molar-refractivity contribution in [2.45, 2.75) is 64.6 Å². The Morgan fingerprint density at radius 2 is 1.94 bits per heavy atom. The second-order valence-electron chi connectivity index (χ2n) is 4.53. The van der Waals surface area contributed by atoms with Crippen LogP contribution >= 0.6 is 23.6 Å². The minimum atomic E-state index is -0.653. The first-order chi connectivity index (χ1) is 7.49. The highest BCUT2D eigenvalue weighted by atomic mass is 35.5. The average Bonchev–Trinajstić information content (AvgIpc) is 2.45. The predicted molar refractivity (Wildman–Crippen MR) is 67.0 cm³/mol. The molecule has 0 bridgehead atoms. The van der Waals surface area contributed by atoms with Gasteiger partial charge in [-0.15, -0.1) is 0 Å². The fourth-order valence-electron chi connectivity index (χ4n) is 1.98. The van der Waals surface area contributed by atoms with Gasteiger partial charge in [0.1, 0.15) is 11.7 Å². The van der Waals surface area contributed by atoms with Gasteiger partial charge < -0.3 is 0 Å². The minimum Gasteiger partial charge on any atom is -0.271 e. The number of nitrogens with zero attached hydrogens (tertiary/aromatic N) is 2. The summed E-state index contributed by atoms with van der Waals surface area (Å²) in [6.45, 7) is 5.94. The van der Waals surface area contributed by atoms with Crippen molar-refractivity contribution in [2.24, 2.45) is 0 Å². The molecule has 1 rings (SSSR count). The van der Waals surface area contributed by atoms with Crippen molar-refractivity contribution in [2.75, 3.05) is 0 Å². The molecule has 1 aliphatic rings. The van der Waals surface area contributed by atoms with Gasteiger partial charge in [0.15, 0.2) is 0 Å². The second-order valence-corrected chi connectivity index (χ2v) is 5.26. The Hall–Kier alpha value is 0.01000. The Morgan fingerprint density at radius 1 is 1.31 bits per heavy atom. The molecule has 0 N–H and O–H groups in total. The van der Waals surface area contributed by atoms with Crippen LogP contribution in [-0.2, 0) is 4.79 Å². The highest BCUT2D eigenvalue weighted by Crippen LogP contribution is 2.38. The number of hydrogen-bond acceptors (Lipinski definition) is 2. The molecular formula is C11H20Cl2N2O. The summed E-state index contributed by atoms with van der Waals surface area (Å²) in [4.78, 5) is 12.0. The van der Waals surface area contributed by atoms with Crippen LogP contribution in [0.25, 0.3) is 0 Å². The summed E-state index contributed by atoms with van der Waals surface area (Å²) in [5, 5.41) is 0. The number of rotatable bonds is 5. The highest BCUT2D eigenvalue weighted by molar-refractivity contribution is 6.26. The number of unbranched alkanes of at least 4 members (excludes halogenated alkanes) is 2. The van der Waals surface area contributed by atoms with E-state index < -0.39 is 5.54 Å². The molecule has 0 aliphatic carbocycles. The zero-order valence-corrected chi connectivity index (χ0v) is 11.7. The van der Waals surface area contributed by atoms with E-state index in [2.05, 4.69) is 6.92 Å². The molecule has 1 fully saturated rings. The molecule has 94 valence electrons. The standard InChI is InChI=1S/C11H20Cl2N2O/c1-4-6-7-8-9-14(12)10(16)11(3,5-2)15(9)13/h9H,4-8H2,1-3H3. The third kappa shape index (κ3) is 2.31. The molecule has 2 unspecified atom stereocenters. The van der Waals surface area contributed by atoms with E-state index in [0.717, 1.165) is 25.7 Å². The summed E-state index contributed by atoms with van der Waals surface area (Å²) in [7, 11) is 0. The highest BCUT2D eigenvalue weighted by Gasteiger charge is 2.52. The van der Waals surface area contributed by atoms with Crippen molar-refractivity contribution >= 4 is 29.5 Å². The molecule has 1 amide bonds. The minimum absolute atomic E-state index is 0.0897. The summed E-state index contributed by atoms with van der Waals surface area (Å²) < 4.78 is 2.87. The lowest BCUT2D eigenvalue weighted by Gasteiger charge is -2.27. The lowest BCUT2D eigenvalue weighted by atomic mass is 10.00. The lowest BCUT2D eigenvalue weighted by Crippen LogP contribution is -2.42. The number of hydrogen-bond donors (Lipinski definition) is 0. The van der Waals surface area contributed by atoms with Crippen LogP contribution in [0.5, 0.6) is 0 Å². The number of carbonyl (C=O) groups is 1. The summed E-state index contributed by atoms with van der Waals surface area (Å²) in [5.74, 6) is -0.0897. The number of carbonyl (C=O) groups excluding carboxylic acids is 1. The van der Waals surface area contributed by atoms with E-state index in [-0.39, 0.29) is 12.1 Å². The van der Waals surface area contributed by atoms with E-state index in [0.29, 0.717) is 6.42 Å². The summed E-state index contributed by atoms with van der Waals surface area (Å²) in [6, 6.07) is 0. The van der Waals surface area contributed by atoms with Crippen molar-refractivity contribution in [3.8, 4) is 0 Å². The van der Waals surface area contributed by atoms with E-state index >= 15 is 0 Å². The van der Waals surface area contributed by atoms with Crippen LogP contribution in [-0.4, -0.2) is 26.4 Å². The zero-order chi connectivity index (χ0) is 12.3. The van der Waals surface area contributed by atoms with Gasteiger partial charge in [0.2, 0.25) is 0 Å². The SMILES string of the molecule is CCCCCC1N(Cl)C(=O)C(C)(CC)N1Cl. The molecule has 0 spiro atoms. The van der Waals surface area contributed by atoms with Gasteiger partial charge in [-0.3, -0.25) is 4.79 Å². The first-order valence-electron chi connectivity index (χ1n) is 5.93. The van der Waals surface area contributed by atoms with E-state index in [9.17, 15) is 4.79 Å². The maximum atomic E-state index is 12.0. The molecule has 1 heterocycles. The van der Waals surface area contributed by atoms with E-state index in [1.165, 1.54) is 4.42 Å². The Bertz CT molecular complexity index is 262. The van der Waals surface area contributed by atoms with Crippen LogP contribution in [0.2, 0.25) is 0 Å². The molecule has 1 aliphatic heterocycles. The molecule has 0 aromatic rings. The van der Waals surface area contributed by atoms with Gasteiger partial charge in [0, 0.05) is 11.8 Å². The van der Waals surface area contributed by atoms with Crippen molar-refractivity contribution in [3.63, 3.8) is 0 Å². The van der Waals surface area contributed by atoms with Gasteiger partial charge in [-0.05, 0) is 38.0 Å². The Labute approximate surface area is 108 Å². The zero-order valence-electron chi connectivity index (χ0n) is 10.2. The molecule has 2 atom stereocenters. The van der Waals surface area contributed by atoms with Crippen LogP contribution in [0.1, 0.15) is 52.9 Å². The molecule has 0 aromatic heterocycles. The van der Waals surface area contributed by atoms with Gasteiger partial charge in [0.25, 0.3) is 5.91 Å². The van der Waals surface area contributed by atoms with Gasteiger partial charge in [-0.1, -0.05) is 26.7 Å². The Morgan fingerprint density at radius 3 is 2.38 bits per heavy atom. The fourth-order valence-corrected chi connectivity index (χ4v) is 2.77. The van der Waals surface area contributed by atoms with Crippen molar-refractivity contribution < 1.29 is 4.79 Å². The molecule has 0 aromatic carbocycles. The normalized spacial score (nSPS) is 31.4. The van der Waals surface area contributed by atoms with Crippen LogP contribution in [0.4, 0.5) is 0 Å². The quantitative estimate of drug-likeness (QED) is 0.562. The molecule has 16 heavy (non-hydrogen) atoms. The summed E-state index contributed by atoms with van der Waals surface area (Å²) in [5.41, 5.74) is -0.653. The summed E-state index contributed by atoms with van der Waals surface area (Å²) >= 11 is 12.3. The Kier molecular flexibility index (Phi) is 4.89. The maximum Gasteiger partial charge on any atom is 0.260 e. The third-order valence-electron chi connectivity index (χ3n) is 3.40. The first kappa shape index (κ1) is 14.1. The third-order valence-corrected chi connectivity index (χ3v) is 4.38. The van der Waals surface area contributed by atoms with Crippen molar-refractivity contribution in [1.82, 2.24) is 8.84 Å². The van der Waals surface area contributed by atoms with Crippen LogP contribution in [0.3, 0.4) is 0 Å². The number of halogens is 2. The summed E-state index contributed by atoms with van der Waals surface area (Å²) in [6.07, 6.45) is 4.66. The van der Waals surface area contributed by atoms with E-state index in [4.69, 9.17) is 23.6 Å². The predicted octanol–water partition coefficient (Wildman–Crippen LogP) is 3.51. The van der Waals surface area contributed by atoms with E-state index in [1.54, 1.807) is 4.42 Å². The lowest BCUT2D eigenvalue weighted by molar-refractivity contribution is -0.129. The fraction of sp³-hybridized carbons (Fsp3) is 0.909.